The van der Waals surface area contributed by atoms with Gasteiger partial charge < -0.3 is 0 Å². The summed E-state index contributed by atoms with van der Waals surface area (Å²) in [5.74, 6) is 5.65. The van der Waals surface area contributed by atoms with E-state index >= 15 is 0 Å². The van der Waals surface area contributed by atoms with Crippen LogP contribution in [0.25, 0.3) is 0 Å². The Balaban J connectivity index is 3.31. The Morgan fingerprint density at radius 2 is 2.33 bits per heavy atom. The summed E-state index contributed by atoms with van der Waals surface area (Å²) in [7, 11) is 0. The summed E-state index contributed by atoms with van der Waals surface area (Å²) in [6.45, 7) is 3.55. The molecule has 1 aromatic rings. The van der Waals surface area contributed by atoms with E-state index in [1.165, 1.54) is 0 Å². The topological polar surface area (TPSA) is 17.1 Å². The number of hydrogen-bond acceptors (Lipinski definition) is 1. The highest BCUT2D eigenvalue weighted by Gasteiger charge is 1.98. The lowest BCUT2D eigenvalue weighted by Gasteiger charge is -1.99. The van der Waals surface area contributed by atoms with E-state index in [0.29, 0.717) is 5.56 Å². The molecule has 0 unspecified atom stereocenters. The molecule has 0 atom stereocenters. The number of rotatable bonds is 1. The zero-order valence-corrected chi connectivity index (χ0v) is 7.14. The monoisotopic (exact) mass is 160 g/mol. The van der Waals surface area contributed by atoms with Crippen LogP contribution in [0.2, 0.25) is 0 Å². The second-order valence-corrected chi connectivity index (χ2v) is 2.46. The summed E-state index contributed by atoms with van der Waals surface area (Å²) >= 11 is 0. The molecule has 1 nitrogen and oxygen atoms in total. The van der Waals surface area contributed by atoms with Crippen LogP contribution in [0.4, 0.5) is 0 Å². The first kappa shape index (κ1) is 7.12. The predicted octanol–water partition coefficient (Wildman–Crippen LogP) is 2.18. The predicted molar refractivity (Wildman–Crippen MR) is 49.1 cm³/mol. The van der Waals surface area contributed by atoms with E-state index < -0.39 is 6.26 Å². The number of hydrogen-bond donors (Lipinski definition) is 0. The van der Waals surface area contributed by atoms with Crippen LogP contribution in [0.15, 0.2) is 18.2 Å². The smallest absolute Gasteiger partial charge is 0.150 e. The van der Waals surface area contributed by atoms with Crippen molar-refractivity contribution >= 4 is 6.26 Å². The maximum atomic E-state index is 10.8. The van der Waals surface area contributed by atoms with E-state index in [1.54, 1.807) is 26.0 Å². The zero-order valence-electron chi connectivity index (χ0n) is 8.14. The van der Waals surface area contributed by atoms with Gasteiger partial charge in [-0.1, -0.05) is 18.1 Å². The van der Waals surface area contributed by atoms with E-state index in [9.17, 15) is 4.79 Å². The minimum Gasteiger partial charge on any atom is -0.298 e. The van der Waals surface area contributed by atoms with Crippen LogP contribution in [0, 0.1) is 18.8 Å². The fraction of sp³-hybridized carbons (Fsp3) is 0.182. The first-order chi connectivity index (χ1) is 6.16. The molecule has 0 aliphatic heterocycles. The van der Waals surface area contributed by atoms with Crippen molar-refractivity contribution in [1.29, 1.82) is 0 Å². The summed E-state index contributed by atoms with van der Waals surface area (Å²) in [5, 5.41) is 0. The Morgan fingerprint density at radius 3 is 2.92 bits per heavy atom. The van der Waals surface area contributed by atoms with Crippen molar-refractivity contribution in [2.24, 2.45) is 0 Å². The van der Waals surface area contributed by atoms with E-state index in [2.05, 4.69) is 11.8 Å². The van der Waals surface area contributed by atoms with Gasteiger partial charge in [0.05, 0.1) is 0 Å². The van der Waals surface area contributed by atoms with Gasteiger partial charge in [-0.05, 0) is 25.5 Å². The third-order valence-electron chi connectivity index (χ3n) is 1.70. The van der Waals surface area contributed by atoms with Gasteiger partial charge in [0.2, 0.25) is 0 Å². The van der Waals surface area contributed by atoms with Gasteiger partial charge in [0.1, 0.15) is 7.63 Å². The van der Waals surface area contributed by atoms with E-state index in [-0.39, 0.29) is 0 Å². The Kier molecular flexibility index (Phi) is 2.21. The molecule has 1 heteroatoms. The molecular formula is C11H10O. The first-order valence-electron chi connectivity index (χ1n) is 4.20. The van der Waals surface area contributed by atoms with Gasteiger partial charge in [0, 0.05) is 11.1 Å². The highest BCUT2D eigenvalue weighted by molar-refractivity contribution is 5.78. The third-order valence-corrected chi connectivity index (χ3v) is 1.70. The van der Waals surface area contributed by atoms with Crippen molar-refractivity contribution in [3.05, 3.63) is 34.9 Å². The maximum absolute atomic E-state index is 10.8. The first-order valence-corrected chi connectivity index (χ1v) is 3.70. The van der Waals surface area contributed by atoms with E-state index in [4.69, 9.17) is 1.37 Å². The molecule has 0 aliphatic carbocycles. The molecule has 0 bridgehead atoms. The van der Waals surface area contributed by atoms with Gasteiger partial charge >= 0.3 is 0 Å². The van der Waals surface area contributed by atoms with Crippen LogP contribution in [0.1, 0.15) is 29.8 Å². The Hall–Kier alpha value is -1.55. The minimum atomic E-state index is -0.655. The molecule has 0 N–H and O–H groups in total. The molecule has 0 spiro atoms. The van der Waals surface area contributed by atoms with Gasteiger partial charge in [-0.25, -0.2) is 0 Å². The van der Waals surface area contributed by atoms with Gasteiger partial charge in [-0.15, -0.1) is 5.92 Å². The summed E-state index contributed by atoms with van der Waals surface area (Å²) in [4.78, 5) is 10.8. The molecule has 0 aliphatic rings. The Morgan fingerprint density at radius 1 is 1.58 bits per heavy atom. The van der Waals surface area contributed by atoms with Crippen molar-refractivity contribution in [2.45, 2.75) is 13.8 Å². The average molecular weight is 160 g/mol. The highest BCUT2D eigenvalue weighted by Crippen LogP contribution is 2.10. The number of benzene rings is 1. The number of aldehydes is 1. The van der Waals surface area contributed by atoms with Crippen LogP contribution in [0.3, 0.4) is 0 Å². The number of carbonyl (C=O) groups is 1. The summed E-state index contributed by atoms with van der Waals surface area (Å²) in [5.41, 5.74) is 2.04. The van der Waals surface area contributed by atoms with Crippen molar-refractivity contribution in [3.63, 3.8) is 0 Å². The zero-order chi connectivity index (χ0) is 9.84. The van der Waals surface area contributed by atoms with Crippen molar-refractivity contribution in [3.8, 4) is 11.8 Å². The lowest BCUT2D eigenvalue weighted by molar-refractivity contribution is 0.112. The molecular weight excluding hydrogens is 148 g/mol. The largest absolute Gasteiger partial charge is 0.298 e. The lowest BCUT2D eigenvalue weighted by atomic mass is 10.0. The lowest BCUT2D eigenvalue weighted by Crippen LogP contribution is -1.89. The van der Waals surface area contributed by atoms with E-state index in [1.807, 2.05) is 6.07 Å². The van der Waals surface area contributed by atoms with E-state index in [0.717, 1.165) is 11.1 Å². The van der Waals surface area contributed by atoms with Crippen LogP contribution < -0.4 is 0 Å². The highest BCUT2D eigenvalue weighted by atomic mass is 16.1. The third kappa shape index (κ3) is 1.54. The average Bonchev–Trinajstić information content (AvgIpc) is 2.08. The molecule has 1 aromatic carbocycles. The molecule has 1 rings (SSSR count). The SMILES string of the molecule is [3H]C(=O)c1cccc(C#CC)c1C. The minimum absolute atomic E-state index is 0.431. The van der Waals surface area contributed by atoms with Crippen LogP contribution in [-0.2, 0) is 0 Å². The molecule has 0 saturated carbocycles. The molecule has 0 amide bonds. The van der Waals surface area contributed by atoms with Gasteiger partial charge in [-0.3, -0.25) is 4.79 Å². The van der Waals surface area contributed by atoms with Crippen molar-refractivity contribution < 1.29 is 6.17 Å². The molecule has 0 heterocycles. The van der Waals surface area contributed by atoms with Gasteiger partial charge in [0.15, 0.2) is 0 Å². The van der Waals surface area contributed by atoms with Crippen LogP contribution in [-0.4, -0.2) is 6.26 Å². The normalized spacial score (nSPS) is 9.67. The second kappa shape index (κ2) is 3.73. The molecule has 0 radical (unpaired) electrons. The quantitative estimate of drug-likeness (QED) is 0.454. The Bertz CT molecular complexity index is 396. The van der Waals surface area contributed by atoms with Crippen molar-refractivity contribution in [1.82, 2.24) is 0 Å². The fourth-order valence-corrected chi connectivity index (χ4v) is 1.02. The molecule has 0 saturated heterocycles. The van der Waals surface area contributed by atoms with Gasteiger partial charge in [-0.2, -0.15) is 0 Å². The molecule has 0 aromatic heterocycles. The molecule has 0 fully saturated rings. The van der Waals surface area contributed by atoms with Crippen LogP contribution in [0.5, 0.6) is 0 Å². The summed E-state index contributed by atoms with van der Waals surface area (Å²) in [6, 6.07) is 5.23. The van der Waals surface area contributed by atoms with Crippen LogP contribution >= 0.6 is 0 Å². The summed E-state index contributed by atoms with van der Waals surface area (Å²) in [6.07, 6.45) is -0.655. The van der Waals surface area contributed by atoms with Crippen molar-refractivity contribution in [2.75, 3.05) is 0 Å². The maximum Gasteiger partial charge on any atom is 0.150 e. The molecule has 60 valence electrons. The summed E-state index contributed by atoms with van der Waals surface area (Å²) < 4.78 is 7.00. The fourth-order valence-electron chi connectivity index (χ4n) is 1.02. The standard InChI is InChI=1S/C11H10O/c1-3-5-10-6-4-7-11(8-12)9(10)2/h4,6-8H,1-2H3/i8T. The van der Waals surface area contributed by atoms with Gasteiger partial charge in [0.25, 0.3) is 0 Å². The number of carbonyl (C=O) groups excluding carboxylic acids is 1. The molecule has 12 heavy (non-hydrogen) atoms. The second-order valence-electron chi connectivity index (χ2n) is 2.46. The Labute approximate surface area is 73.8 Å².